The summed E-state index contributed by atoms with van der Waals surface area (Å²) in [7, 11) is 1.68. The molecule has 0 spiro atoms. The van der Waals surface area contributed by atoms with Gasteiger partial charge in [0.2, 0.25) is 6.23 Å². The number of nitrogens with zero attached hydrogens (tertiary/aromatic N) is 2. The Morgan fingerprint density at radius 1 is 1.00 bits per heavy atom. The van der Waals surface area contributed by atoms with Crippen LogP contribution in [0.1, 0.15) is 35.4 Å². The van der Waals surface area contributed by atoms with Crippen molar-refractivity contribution < 1.29 is 9.47 Å². The Kier molecular flexibility index (Phi) is 4.21. The van der Waals surface area contributed by atoms with Crippen LogP contribution in [-0.2, 0) is 0 Å². The molecule has 5 heteroatoms. The molecule has 4 nitrogen and oxygen atoms in total. The standard InChI is InChI=1S/C23H19ClN2O2/c1-27-16-11-12-22-18(13-16)21-14-20(15-7-3-2-4-8-15)25-26(21)23(28-22)17-9-5-6-10-19(17)24/h2-13,21,23H,14H2,1H3/t21-,23-/m0/s1. The topological polar surface area (TPSA) is 34.1 Å². The van der Waals surface area contributed by atoms with E-state index in [1.165, 1.54) is 0 Å². The van der Waals surface area contributed by atoms with Crippen LogP contribution in [-0.4, -0.2) is 17.8 Å². The molecule has 0 radical (unpaired) electrons. The molecule has 28 heavy (non-hydrogen) atoms. The Morgan fingerprint density at radius 3 is 2.57 bits per heavy atom. The molecule has 2 aliphatic heterocycles. The predicted molar refractivity (Wildman–Crippen MR) is 110 cm³/mol. The van der Waals surface area contributed by atoms with Gasteiger partial charge in [-0.3, -0.25) is 0 Å². The Bertz CT molecular complexity index is 1050. The van der Waals surface area contributed by atoms with Crippen molar-refractivity contribution in [3.8, 4) is 11.5 Å². The lowest BCUT2D eigenvalue weighted by molar-refractivity contribution is -0.0190. The maximum absolute atomic E-state index is 6.50. The van der Waals surface area contributed by atoms with Gasteiger partial charge in [0.1, 0.15) is 11.5 Å². The van der Waals surface area contributed by atoms with Crippen LogP contribution in [0.5, 0.6) is 11.5 Å². The normalized spacial score (nSPS) is 20.1. The summed E-state index contributed by atoms with van der Waals surface area (Å²) in [5.74, 6) is 1.66. The first-order chi connectivity index (χ1) is 13.7. The molecule has 0 saturated carbocycles. The van der Waals surface area contributed by atoms with E-state index in [9.17, 15) is 0 Å². The van der Waals surface area contributed by atoms with Crippen molar-refractivity contribution in [2.24, 2.45) is 5.10 Å². The number of methoxy groups -OCH3 is 1. The van der Waals surface area contributed by atoms with Gasteiger partial charge in [-0.2, -0.15) is 5.10 Å². The van der Waals surface area contributed by atoms with Crippen LogP contribution in [0.25, 0.3) is 0 Å². The fourth-order valence-electron chi connectivity index (χ4n) is 3.88. The number of fused-ring (bicyclic) bond motifs is 3. The molecular weight excluding hydrogens is 372 g/mol. The van der Waals surface area contributed by atoms with Gasteiger partial charge in [0.15, 0.2) is 0 Å². The molecule has 0 bridgehead atoms. The third-order valence-corrected chi connectivity index (χ3v) is 5.62. The highest BCUT2D eigenvalue weighted by Gasteiger charge is 2.41. The smallest absolute Gasteiger partial charge is 0.215 e. The summed E-state index contributed by atoms with van der Waals surface area (Å²) >= 11 is 6.50. The molecule has 0 fully saturated rings. The SMILES string of the molecule is COc1ccc2c(c1)[C@@H]1CC(c3ccccc3)=NN1[C@H](c1ccccc1Cl)O2. The fourth-order valence-corrected chi connectivity index (χ4v) is 4.11. The molecule has 3 aromatic rings. The lowest BCUT2D eigenvalue weighted by Gasteiger charge is -2.38. The number of benzene rings is 3. The zero-order chi connectivity index (χ0) is 19.1. The molecule has 2 heterocycles. The minimum Gasteiger partial charge on any atom is -0.497 e. The first-order valence-corrected chi connectivity index (χ1v) is 9.62. The number of hydrogen-bond acceptors (Lipinski definition) is 4. The van der Waals surface area contributed by atoms with Crippen molar-refractivity contribution in [3.05, 3.63) is 94.5 Å². The number of ether oxygens (including phenoxy) is 2. The van der Waals surface area contributed by atoms with Crippen molar-refractivity contribution in [1.29, 1.82) is 0 Å². The number of halogens is 1. The largest absolute Gasteiger partial charge is 0.497 e. The van der Waals surface area contributed by atoms with E-state index in [1.807, 2.05) is 65.7 Å². The summed E-state index contributed by atoms with van der Waals surface area (Å²) in [5, 5.41) is 7.66. The number of hydrazone groups is 1. The Labute approximate surface area is 169 Å². The van der Waals surface area contributed by atoms with Gasteiger partial charge in [-0.25, -0.2) is 5.01 Å². The van der Waals surface area contributed by atoms with Gasteiger partial charge in [-0.15, -0.1) is 0 Å². The zero-order valence-corrected chi connectivity index (χ0v) is 16.1. The second-order valence-corrected chi connectivity index (χ2v) is 7.32. The minimum atomic E-state index is -0.374. The van der Waals surface area contributed by atoms with E-state index in [-0.39, 0.29) is 12.3 Å². The van der Waals surface area contributed by atoms with E-state index in [0.29, 0.717) is 5.02 Å². The molecule has 3 aromatic carbocycles. The molecule has 2 aliphatic rings. The number of hydrogen-bond donors (Lipinski definition) is 0. The monoisotopic (exact) mass is 390 g/mol. The quantitative estimate of drug-likeness (QED) is 0.584. The molecule has 0 aromatic heterocycles. The number of rotatable bonds is 3. The summed E-state index contributed by atoms with van der Waals surface area (Å²) in [4.78, 5) is 0. The third-order valence-electron chi connectivity index (χ3n) is 5.28. The average molecular weight is 391 g/mol. The lowest BCUT2D eigenvalue weighted by atomic mass is 9.95. The molecule has 140 valence electrons. The van der Waals surface area contributed by atoms with Crippen LogP contribution in [0.2, 0.25) is 5.02 Å². The van der Waals surface area contributed by atoms with Crippen molar-refractivity contribution in [2.75, 3.05) is 7.11 Å². The predicted octanol–water partition coefficient (Wildman–Crippen LogP) is 5.59. The van der Waals surface area contributed by atoms with Gasteiger partial charge < -0.3 is 9.47 Å². The average Bonchev–Trinajstić information content (AvgIpc) is 3.20. The summed E-state index contributed by atoms with van der Waals surface area (Å²) in [5.41, 5.74) is 4.16. The van der Waals surface area contributed by atoms with Crippen LogP contribution >= 0.6 is 11.6 Å². The molecule has 0 unspecified atom stereocenters. The summed E-state index contributed by atoms with van der Waals surface area (Å²) in [6.07, 6.45) is 0.426. The molecule has 0 aliphatic carbocycles. The third kappa shape index (κ3) is 2.81. The van der Waals surface area contributed by atoms with E-state index in [0.717, 1.165) is 40.3 Å². The van der Waals surface area contributed by atoms with Gasteiger partial charge in [0.05, 0.1) is 18.9 Å². The van der Waals surface area contributed by atoms with E-state index in [4.69, 9.17) is 26.2 Å². The molecular formula is C23H19ClN2O2. The molecule has 2 atom stereocenters. The van der Waals surface area contributed by atoms with Crippen LogP contribution in [0.4, 0.5) is 0 Å². The molecule has 0 amide bonds. The second-order valence-electron chi connectivity index (χ2n) is 6.91. The Balaban J connectivity index is 1.63. The lowest BCUT2D eigenvalue weighted by Crippen LogP contribution is -2.33. The zero-order valence-electron chi connectivity index (χ0n) is 15.4. The van der Waals surface area contributed by atoms with Gasteiger partial charge in [0, 0.05) is 22.6 Å². The Morgan fingerprint density at radius 2 is 1.79 bits per heavy atom. The second kappa shape index (κ2) is 6.88. The van der Waals surface area contributed by atoms with E-state index in [2.05, 4.69) is 12.1 Å². The van der Waals surface area contributed by atoms with Crippen molar-refractivity contribution >= 4 is 17.3 Å². The highest BCUT2D eigenvalue weighted by Crippen LogP contribution is 2.49. The van der Waals surface area contributed by atoms with E-state index < -0.39 is 0 Å². The molecule has 0 N–H and O–H groups in total. The van der Waals surface area contributed by atoms with Crippen LogP contribution < -0.4 is 9.47 Å². The maximum atomic E-state index is 6.50. The first kappa shape index (κ1) is 17.1. The van der Waals surface area contributed by atoms with E-state index in [1.54, 1.807) is 7.11 Å². The van der Waals surface area contributed by atoms with Crippen molar-refractivity contribution in [2.45, 2.75) is 18.7 Å². The molecule has 0 saturated heterocycles. The summed E-state index contributed by atoms with van der Waals surface area (Å²) in [6.45, 7) is 0. The summed E-state index contributed by atoms with van der Waals surface area (Å²) in [6, 6.07) is 24.0. The van der Waals surface area contributed by atoms with Gasteiger partial charge in [-0.1, -0.05) is 60.1 Å². The highest BCUT2D eigenvalue weighted by atomic mass is 35.5. The van der Waals surface area contributed by atoms with Gasteiger partial charge >= 0.3 is 0 Å². The van der Waals surface area contributed by atoms with Gasteiger partial charge in [-0.05, 0) is 29.8 Å². The van der Waals surface area contributed by atoms with Crippen molar-refractivity contribution in [1.82, 2.24) is 5.01 Å². The Hall–Kier alpha value is -2.98. The highest BCUT2D eigenvalue weighted by molar-refractivity contribution is 6.31. The minimum absolute atomic E-state index is 0.0651. The first-order valence-electron chi connectivity index (χ1n) is 9.25. The van der Waals surface area contributed by atoms with Crippen LogP contribution in [0.3, 0.4) is 0 Å². The van der Waals surface area contributed by atoms with Crippen LogP contribution in [0, 0.1) is 0 Å². The van der Waals surface area contributed by atoms with E-state index >= 15 is 0 Å². The fraction of sp³-hybridized carbons (Fsp3) is 0.174. The van der Waals surface area contributed by atoms with Gasteiger partial charge in [0.25, 0.3) is 0 Å². The maximum Gasteiger partial charge on any atom is 0.215 e. The van der Waals surface area contributed by atoms with Crippen LogP contribution in [0.15, 0.2) is 77.9 Å². The molecule has 5 rings (SSSR count). The van der Waals surface area contributed by atoms with Crippen molar-refractivity contribution in [3.63, 3.8) is 0 Å². The summed E-state index contributed by atoms with van der Waals surface area (Å²) < 4.78 is 11.8.